The van der Waals surface area contributed by atoms with E-state index in [0.29, 0.717) is 0 Å². The quantitative estimate of drug-likeness (QED) is 0.726. The van der Waals surface area contributed by atoms with Crippen LogP contribution in [-0.2, 0) is 17.7 Å². The van der Waals surface area contributed by atoms with Crippen LogP contribution < -0.4 is 5.32 Å². The second kappa shape index (κ2) is 5.41. The number of benzene rings is 1. The van der Waals surface area contributed by atoms with E-state index in [0.717, 1.165) is 26.1 Å². The summed E-state index contributed by atoms with van der Waals surface area (Å²) in [7, 11) is 1.72. The number of hydrogen-bond donors (Lipinski definition) is 1. The number of hydrogen-bond acceptors (Lipinski definition) is 4. The first-order valence-corrected chi connectivity index (χ1v) is 7.37. The van der Waals surface area contributed by atoms with Crippen molar-refractivity contribution in [1.29, 1.82) is 0 Å². The number of fused-ring (bicyclic) bond motifs is 3. The van der Waals surface area contributed by atoms with Crippen LogP contribution in [0.1, 0.15) is 21.0 Å². The fourth-order valence-corrected chi connectivity index (χ4v) is 3.49. The van der Waals surface area contributed by atoms with Crippen molar-refractivity contribution < 1.29 is 4.74 Å². The third kappa shape index (κ3) is 2.56. The molecular weight excluding hydrogens is 256 g/mol. The van der Waals surface area contributed by atoms with Crippen molar-refractivity contribution in [2.24, 2.45) is 0 Å². The molecule has 1 aromatic carbocycles. The molecule has 4 heteroatoms. The van der Waals surface area contributed by atoms with Crippen LogP contribution in [-0.4, -0.2) is 25.2 Å². The molecule has 0 amide bonds. The molecule has 2 aromatic rings. The maximum atomic E-state index is 5.02. The van der Waals surface area contributed by atoms with Crippen LogP contribution in [0.5, 0.6) is 0 Å². The summed E-state index contributed by atoms with van der Waals surface area (Å²) in [6, 6.07) is 6.67. The van der Waals surface area contributed by atoms with Gasteiger partial charge in [0.15, 0.2) is 0 Å². The Kier molecular flexibility index (Phi) is 3.64. The molecule has 0 bridgehead atoms. The Hall–Kier alpha value is -1.23. The van der Waals surface area contributed by atoms with E-state index in [-0.39, 0.29) is 0 Å². The zero-order valence-corrected chi connectivity index (χ0v) is 12.1. The zero-order valence-electron chi connectivity index (χ0n) is 11.3. The summed E-state index contributed by atoms with van der Waals surface area (Å²) in [6.45, 7) is 4.59. The van der Waals surface area contributed by atoms with Crippen LogP contribution in [0.15, 0.2) is 18.2 Å². The smallest absolute Gasteiger partial charge is 0.107 e. The Labute approximate surface area is 117 Å². The van der Waals surface area contributed by atoms with Crippen LogP contribution in [0.4, 0.5) is 0 Å². The predicted molar refractivity (Wildman–Crippen MR) is 78.7 cm³/mol. The maximum Gasteiger partial charge on any atom is 0.107 e. The molecule has 0 atom stereocenters. The molecule has 0 unspecified atom stereocenters. The van der Waals surface area contributed by atoms with Crippen LogP contribution in [0.2, 0.25) is 0 Å². The SMILES string of the molecule is COCCNCc1nc2c(s1)Cc1ccc(C)cc1-2. The van der Waals surface area contributed by atoms with E-state index in [2.05, 4.69) is 30.4 Å². The number of nitrogens with zero attached hydrogens (tertiary/aromatic N) is 1. The molecule has 0 fully saturated rings. The molecule has 3 nitrogen and oxygen atoms in total. The molecule has 0 saturated carbocycles. The maximum absolute atomic E-state index is 5.02. The fraction of sp³-hybridized carbons (Fsp3) is 0.400. The second-order valence-electron chi connectivity index (χ2n) is 4.89. The minimum atomic E-state index is 0.743. The first kappa shape index (κ1) is 12.8. The lowest BCUT2D eigenvalue weighted by Gasteiger charge is -2.02. The van der Waals surface area contributed by atoms with E-state index in [4.69, 9.17) is 9.72 Å². The second-order valence-corrected chi connectivity index (χ2v) is 6.05. The molecule has 1 heterocycles. The Balaban J connectivity index is 1.75. The first-order chi connectivity index (χ1) is 9.28. The minimum Gasteiger partial charge on any atom is -0.383 e. The standard InChI is InChI=1S/C15H18N2OS/c1-10-3-4-11-8-13-15(12(11)7-10)17-14(19-13)9-16-5-6-18-2/h3-4,7,16H,5-6,8-9H2,1-2H3. The monoisotopic (exact) mass is 274 g/mol. The van der Waals surface area contributed by atoms with Crippen molar-refractivity contribution in [3.8, 4) is 11.3 Å². The van der Waals surface area contributed by atoms with Gasteiger partial charge in [-0.15, -0.1) is 11.3 Å². The third-order valence-electron chi connectivity index (χ3n) is 3.37. The summed E-state index contributed by atoms with van der Waals surface area (Å²) < 4.78 is 5.02. The number of thiazole rings is 1. The van der Waals surface area contributed by atoms with Gasteiger partial charge in [0.2, 0.25) is 0 Å². The summed E-state index contributed by atoms with van der Waals surface area (Å²) in [4.78, 5) is 6.19. The Bertz CT molecular complexity index is 592. The summed E-state index contributed by atoms with van der Waals surface area (Å²) >= 11 is 1.83. The van der Waals surface area contributed by atoms with Crippen LogP contribution >= 0.6 is 11.3 Å². The Morgan fingerprint density at radius 1 is 1.42 bits per heavy atom. The number of nitrogens with one attached hydrogen (secondary N) is 1. The number of aryl methyl sites for hydroxylation is 1. The van der Waals surface area contributed by atoms with E-state index in [1.807, 2.05) is 11.3 Å². The van der Waals surface area contributed by atoms with Crippen molar-refractivity contribution in [1.82, 2.24) is 10.3 Å². The van der Waals surface area contributed by atoms with Gasteiger partial charge in [-0.2, -0.15) is 0 Å². The molecule has 0 spiro atoms. The van der Waals surface area contributed by atoms with Gasteiger partial charge in [0.1, 0.15) is 5.01 Å². The van der Waals surface area contributed by atoms with Crippen molar-refractivity contribution in [2.45, 2.75) is 19.9 Å². The average molecular weight is 274 g/mol. The summed E-state index contributed by atoms with van der Waals surface area (Å²) in [6.07, 6.45) is 1.04. The molecule has 0 aliphatic heterocycles. The van der Waals surface area contributed by atoms with Gasteiger partial charge in [-0.05, 0) is 18.6 Å². The highest BCUT2D eigenvalue weighted by molar-refractivity contribution is 7.12. The van der Waals surface area contributed by atoms with Crippen LogP contribution in [0.3, 0.4) is 0 Å². The van der Waals surface area contributed by atoms with Gasteiger partial charge in [0.25, 0.3) is 0 Å². The lowest BCUT2D eigenvalue weighted by atomic mass is 10.1. The van der Waals surface area contributed by atoms with E-state index < -0.39 is 0 Å². The molecule has 19 heavy (non-hydrogen) atoms. The highest BCUT2D eigenvalue weighted by Gasteiger charge is 2.22. The number of ether oxygens (including phenoxy) is 1. The molecule has 1 aliphatic carbocycles. The summed E-state index contributed by atoms with van der Waals surface area (Å²) in [5, 5.41) is 4.52. The predicted octanol–water partition coefficient (Wildman–Crippen LogP) is 2.76. The molecule has 100 valence electrons. The summed E-state index contributed by atoms with van der Waals surface area (Å²) in [5.41, 5.74) is 5.25. The Morgan fingerprint density at radius 2 is 2.32 bits per heavy atom. The summed E-state index contributed by atoms with van der Waals surface area (Å²) in [5.74, 6) is 0. The van der Waals surface area contributed by atoms with Gasteiger partial charge in [0.05, 0.1) is 12.3 Å². The van der Waals surface area contributed by atoms with Crippen molar-refractivity contribution in [2.75, 3.05) is 20.3 Å². The topological polar surface area (TPSA) is 34.1 Å². The van der Waals surface area contributed by atoms with E-state index in [1.54, 1.807) is 7.11 Å². The van der Waals surface area contributed by atoms with E-state index in [1.165, 1.54) is 32.3 Å². The van der Waals surface area contributed by atoms with Gasteiger partial charge >= 0.3 is 0 Å². The van der Waals surface area contributed by atoms with Gasteiger partial charge in [-0.1, -0.05) is 17.7 Å². The molecule has 1 N–H and O–H groups in total. The van der Waals surface area contributed by atoms with Gasteiger partial charge in [-0.3, -0.25) is 0 Å². The van der Waals surface area contributed by atoms with Crippen LogP contribution in [0, 0.1) is 6.92 Å². The molecule has 0 radical (unpaired) electrons. The molecule has 1 aromatic heterocycles. The molecule has 3 rings (SSSR count). The number of rotatable bonds is 5. The molecule has 0 saturated heterocycles. The van der Waals surface area contributed by atoms with Gasteiger partial charge in [-0.25, -0.2) is 4.98 Å². The van der Waals surface area contributed by atoms with E-state index in [9.17, 15) is 0 Å². The minimum absolute atomic E-state index is 0.743. The Morgan fingerprint density at radius 3 is 3.16 bits per heavy atom. The normalized spacial score (nSPS) is 12.5. The zero-order chi connectivity index (χ0) is 13.2. The highest BCUT2D eigenvalue weighted by atomic mass is 32.1. The highest BCUT2D eigenvalue weighted by Crippen LogP contribution is 2.39. The van der Waals surface area contributed by atoms with Crippen molar-refractivity contribution >= 4 is 11.3 Å². The largest absolute Gasteiger partial charge is 0.383 e. The van der Waals surface area contributed by atoms with Crippen molar-refractivity contribution in [3.63, 3.8) is 0 Å². The molecule has 1 aliphatic rings. The number of methoxy groups -OCH3 is 1. The van der Waals surface area contributed by atoms with Gasteiger partial charge < -0.3 is 10.1 Å². The molecular formula is C15H18N2OS. The van der Waals surface area contributed by atoms with E-state index >= 15 is 0 Å². The first-order valence-electron chi connectivity index (χ1n) is 6.56. The fourth-order valence-electron chi connectivity index (χ4n) is 2.41. The van der Waals surface area contributed by atoms with Crippen molar-refractivity contribution in [3.05, 3.63) is 39.2 Å². The lowest BCUT2D eigenvalue weighted by Crippen LogP contribution is -2.18. The lowest BCUT2D eigenvalue weighted by molar-refractivity contribution is 0.199. The average Bonchev–Trinajstić information content (AvgIpc) is 2.92. The third-order valence-corrected chi connectivity index (χ3v) is 4.43. The van der Waals surface area contributed by atoms with Crippen LogP contribution in [0.25, 0.3) is 11.3 Å². The van der Waals surface area contributed by atoms with Gasteiger partial charge in [0, 0.05) is 37.1 Å². The number of aromatic nitrogens is 1.